The number of rotatable bonds is 2. The van der Waals surface area contributed by atoms with E-state index in [2.05, 4.69) is 6.92 Å². The fourth-order valence-electron chi connectivity index (χ4n) is 3.36. The Bertz CT molecular complexity index is 359. The van der Waals surface area contributed by atoms with Crippen LogP contribution in [0.4, 0.5) is 0 Å². The third kappa shape index (κ3) is 2.91. The maximum absolute atomic E-state index is 12.6. The normalized spacial score (nSPS) is 31.6. The smallest absolute Gasteiger partial charge is 0.227 e. The summed E-state index contributed by atoms with van der Waals surface area (Å²) >= 11 is 0. The van der Waals surface area contributed by atoms with Crippen molar-refractivity contribution >= 4 is 11.8 Å². The molecule has 0 spiro atoms. The van der Waals surface area contributed by atoms with Gasteiger partial charge in [0.15, 0.2) is 0 Å². The summed E-state index contributed by atoms with van der Waals surface area (Å²) in [5.74, 6) is 0.722. The van der Waals surface area contributed by atoms with Gasteiger partial charge in [-0.1, -0.05) is 6.92 Å². The summed E-state index contributed by atoms with van der Waals surface area (Å²) in [6.45, 7) is 6.39. The Hall–Kier alpha value is -1.10. The molecule has 2 N–H and O–H groups in total. The minimum Gasteiger partial charge on any atom is -0.342 e. The van der Waals surface area contributed by atoms with Crippen molar-refractivity contribution in [2.24, 2.45) is 17.6 Å². The van der Waals surface area contributed by atoms with Crippen LogP contribution in [0.3, 0.4) is 0 Å². The zero-order chi connectivity index (χ0) is 14.0. The van der Waals surface area contributed by atoms with Gasteiger partial charge in [0.25, 0.3) is 0 Å². The fraction of sp³-hybridized carbons (Fsp3) is 0.857. The molecule has 3 atom stereocenters. The Morgan fingerprint density at radius 2 is 2.00 bits per heavy atom. The Labute approximate surface area is 115 Å². The topological polar surface area (TPSA) is 66.6 Å². The molecular formula is C14H25N3O2. The fourth-order valence-corrected chi connectivity index (χ4v) is 3.36. The first kappa shape index (κ1) is 14.3. The molecule has 0 aromatic rings. The van der Waals surface area contributed by atoms with Gasteiger partial charge in [0.2, 0.25) is 11.8 Å². The second kappa shape index (κ2) is 5.90. The summed E-state index contributed by atoms with van der Waals surface area (Å²) in [5.41, 5.74) is 5.84. The first-order valence-corrected chi connectivity index (χ1v) is 7.30. The molecule has 2 aliphatic heterocycles. The summed E-state index contributed by atoms with van der Waals surface area (Å²) in [6.07, 6.45) is 3.00. The largest absolute Gasteiger partial charge is 0.342 e. The lowest BCUT2D eigenvalue weighted by atomic mass is 9.89. The lowest BCUT2D eigenvalue weighted by Gasteiger charge is -2.40. The third-order valence-electron chi connectivity index (χ3n) is 4.62. The lowest BCUT2D eigenvalue weighted by molar-refractivity contribution is -0.140. The molecule has 0 saturated carbocycles. The Morgan fingerprint density at radius 3 is 2.58 bits per heavy atom. The van der Waals surface area contributed by atoms with Crippen LogP contribution in [-0.4, -0.2) is 53.8 Å². The molecule has 0 aromatic heterocycles. The monoisotopic (exact) mass is 267 g/mol. The molecule has 0 aliphatic carbocycles. The molecule has 5 nitrogen and oxygen atoms in total. The Balaban J connectivity index is 2.01. The minimum absolute atomic E-state index is 0.0248. The quantitative estimate of drug-likeness (QED) is 0.789. The molecule has 2 fully saturated rings. The van der Waals surface area contributed by atoms with Crippen molar-refractivity contribution < 1.29 is 9.59 Å². The number of nitrogens with zero attached hydrogens (tertiary/aromatic N) is 2. The predicted molar refractivity (Wildman–Crippen MR) is 73.3 cm³/mol. The maximum Gasteiger partial charge on any atom is 0.227 e. The molecule has 0 bridgehead atoms. The van der Waals surface area contributed by atoms with E-state index in [1.54, 1.807) is 11.8 Å². The van der Waals surface area contributed by atoms with E-state index in [4.69, 9.17) is 5.73 Å². The molecule has 0 radical (unpaired) electrons. The van der Waals surface area contributed by atoms with Crippen LogP contribution in [0.1, 0.15) is 33.1 Å². The molecule has 2 amide bonds. The predicted octanol–water partition coefficient (Wildman–Crippen LogP) is 0.441. The summed E-state index contributed by atoms with van der Waals surface area (Å²) < 4.78 is 0. The average Bonchev–Trinajstić information content (AvgIpc) is 2.87. The zero-order valence-electron chi connectivity index (χ0n) is 12.0. The number of hydrogen-bond donors (Lipinski definition) is 1. The van der Waals surface area contributed by atoms with Crippen LogP contribution < -0.4 is 5.73 Å². The van der Waals surface area contributed by atoms with Crippen molar-refractivity contribution in [3.05, 3.63) is 0 Å². The van der Waals surface area contributed by atoms with E-state index in [0.29, 0.717) is 25.6 Å². The standard InChI is InChI=1S/C14H25N3O2/c1-10-4-3-6-17(13(10)8-15)14(19)12-5-7-16(9-12)11(2)18/h10,12-13H,3-9,15H2,1-2H3. The van der Waals surface area contributed by atoms with Gasteiger partial charge in [0.1, 0.15) is 0 Å². The molecule has 2 rings (SSSR count). The first-order valence-electron chi connectivity index (χ1n) is 7.30. The van der Waals surface area contributed by atoms with Crippen molar-refractivity contribution in [3.63, 3.8) is 0 Å². The second-order valence-corrected chi connectivity index (χ2v) is 5.90. The Morgan fingerprint density at radius 1 is 1.26 bits per heavy atom. The highest BCUT2D eigenvalue weighted by Gasteiger charge is 2.37. The molecule has 0 aromatic carbocycles. The van der Waals surface area contributed by atoms with Gasteiger partial charge >= 0.3 is 0 Å². The molecule has 19 heavy (non-hydrogen) atoms. The van der Waals surface area contributed by atoms with Gasteiger partial charge in [-0.05, 0) is 25.2 Å². The van der Waals surface area contributed by atoms with E-state index in [1.807, 2.05) is 4.90 Å². The Kier molecular flexibility index (Phi) is 4.45. The van der Waals surface area contributed by atoms with E-state index in [9.17, 15) is 9.59 Å². The number of carbonyl (C=O) groups excluding carboxylic acids is 2. The summed E-state index contributed by atoms with van der Waals surface area (Å²) in [6, 6.07) is 0.174. The van der Waals surface area contributed by atoms with E-state index in [0.717, 1.165) is 25.8 Å². The lowest BCUT2D eigenvalue weighted by Crippen LogP contribution is -2.53. The van der Waals surface area contributed by atoms with Crippen molar-refractivity contribution in [1.29, 1.82) is 0 Å². The number of hydrogen-bond acceptors (Lipinski definition) is 3. The number of likely N-dealkylation sites (tertiary alicyclic amines) is 2. The van der Waals surface area contributed by atoms with Crippen LogP contribution in [0.2, 0.25) is 0 Å². The van der Waals surface area contributed by atoms with E-state index in [-0.39, 0.29) is 23.8 Å². The van der Waals surface area contributed by atoms with E-state index < -0.39 is 0 Å². The average molecular weight is 267 g/mol. The third-order valence-corrected chi connectivity index (χ3v) is 4.62. The second-order valence-electron chi connectivity index (χ2n) is 5.90. The van der Waals surface area contributed by atoms with Crippen molar-refractivity contribution in [2.75, 3.05) is 26.2 Å². The van der Waals surface area contributed by atoms with Crippen LogP contribution in [0.5, 0.6) is 0 Å². The summed E-state index contributed by atoms with van der Waals surface area (Å²) in [4.78, 5) is 27.7. The molecule has 2 heterocycles. The highest BCUT2D eigenvalue weighted by Crippen LogP contribution is 2.27. The van der Waals surface area contributed by atoms with Gasteiger partial charge in [0, 0.05) is 39.1 Å². The van der Waals surface area contributed by atoms with Gasteiger partial charge in [-0.15, -0.1) is 0 Å². The molecular weight excluding hydrogens is 242 g/mol. The summed E-state index contributed by atoms with van der Waals surface area (Å²) in [7, 11) is 0. The highest BCUT2D eigenvalue weighted by atomic mass is 16.2. The van der Waals surface area contributed by atoms with Crippen molar-refractivity contribution in [1.82, 2.24) is 9.80 Å². The van der Waals surface area contributed by atoms with E-state index in [1.165, 1.54) is 0 Å². The van der Waals surface area contributed by atoms with Crippen molar-refractivity contribution in [2.45, 2.75) is 39.2 Å². The maximum atomic E-state index is 12.6. The van der Waals surface area contributed by atoms with Gasteiger partial charge < -0.3 is 15.5 Å². The van der Waals surface area contributed by atoms with Gasteiger partial charge in [-0.25, -0.2) is 0 Å². The first-order chi connectivity index (χ1) is 9.04. The number of piperidine rings is 1. The van der Waals surface area contributed by atoms with E-state index >= 15 is 0 Å². The van der Waals surface area contributed by atoms with Crippen LogP contribution in [0.25, 0.3) is 0 Å². The van der Waals surface area contributed by atoms with Crippen LogP contribution in [0.15, 0.2) is 0 Å². The van der Waals surface area contributed by atoms with Gasteiger partial charge in [-0.3, -0.25) is 9.59 Å². The van der Waals surface area contributed by atoms with Crippen LogP contribution >= 0.6 is 0 Å². The molecule has 5 heteroatoms. The minimum atomic E-state index is -0.0248. The number of nitrogens with two attached hydrogens (primary N) is 1. The SMILES string of the molecule is CC(=O)N1CCC(C(=O)N2CCCC(C)C2CN)C1. The van der Waals surface area contributed by atoms with Crippen molar-refractivity contribution in [3.8, 4) is 0 Å². The molecule has 108 valence electrons. The number of carbonyl (C=O) groups is 2. The summed E-state index contributed by atoms with van der Waals surface area (Å²) in [5, 5.41) is 0. The highest BCUT2D eigenvalue weighted by molar-refractivity contribution is 5.82. The number of amides is 2. The van der Waals surface area contributed by atoms with Crippen LogP contribution in [0, 0.1) is 11.8 Å². The van der Waals surface area contributed by atoms with Gasteiger partial charge in [0.05, 0.1) is 5.92 Å². The van der Waals surface area contributed by atoms with Crippen LogP contribution in [-0.2, 0) is 9.59 Å². The molecule has 2 aliphatic rings. The van der Waals surface area contributed by atoms with Gasteiger partial charge in [-0.2, -0.15) is 0 Å². The molecule has 2 saturated heterocycles. The molecule has 3 unspecified atom stereocenters. The zero-order valence-corrected chi connectivity index (χ0v) is 12.0.